The van der Waals surface area contributed by atoms with Gasteiger partial charge in [-0.1, -0.05) is 19.1 Å². The first-order valence-electron chi connectivity index (χ1n) is 8.11. The summed E-state index contributed by atoms with van der Waals surface area (Å²) in [5.41, 5.74) is 8.49. The molecule has 1 aliphatic heterocycles. The smallest absolute Gasteiger partial charge is 0.237 e. The quantitative estimate of drug-likeness (QED) is 0.768. The molecule has 0 bridgehead atoms. The number of nitrogens with zero attached hydrogens (tertiary/aromatic N) is 4. The van der Waals surface area contributed by atoms with Gasteiger partial charge in [0, 0.05) is 12.6 Å². The van der Waals surface area contributed by atoms with Crippen LogP contribution in [0.15, 0.2) is 36.8 Å². The van der Waals surface area contributed by atoms with E-state index < -0.39 is 0 Å². The van der Waals surface area contributed by atoms with E-state index in [4.69, 9.17) is 10.5 Å². The maximum atomic E-state index is 6.07. The number of ether oxygens (including phenoxy) is 1. The van der Waals surface area contributed by atoms with Gasteiger partial charge in [0.05, 0.1) is 29.5 Å². The van der Waals surface area contributed by atoms with E-state index in [-0.39, 0.29) is 0 Å². The third kappa shape index (κ3) is 2.67. The topological polar surface area (TPSA) is 90.9 Å². The van der Waals surface area contributed by atoms with Crippen LogP contribution >= 0.6 is 0 Å². The summed E-state index contributed by atoms with van der Waals surface area (Å²) in [7, 11) is 0. The lowest BCUT2D eigenvalue weighted by Crippen LogP contribution is -2.36. The average molecular weight is 324 g/mol. The maximum Gasteiger partial charge on any atom is 0.237 e. The summed E-state index contributed by atoms with van der Waals surface area (Å²) in [4.78, 5) is 13.4. The summed E-state index contributed by atoms with van der Waals surface area (Å²) in [6.07, 6.45) is 4.31. The highest BCUT2D eigenvalue weighted by Crippen LogP contribution is 2.23. The van der Waals surface area contributed by atoms with E-state index in [1.165, 1.54) is 0 Å². The standard InChI is InChI=1S/C17H20N6O/c1-11-9-24-7-6-13(11)21-16-12(18)8-19-17(22-16)23-10-20-14-4-2-3-5-15(14)23/h2-5,8,10-11,13H,6-7,9,18H2,1H3,(H,19,21,22). The number of benzene rings is 1. The minimum absolute atomic E-state index is 0.295. The molecule has 7 heteroatoms. The minimum Gasteiger partial charge on any atom is -0.394 e. The molecule has 2 unspecified atom stereocenters. The van der Waals surface area contributed by atoms with E-state index >= 15 is 0 Å². The fourth-order valence-corrected chi connectivity index (χ4v) is 3.00. The molecule has 0 radical (unpaired) electrons. The number of hydrogen-bond acceptors (Lipinski definition) is 6. The molecule has 1 aliphatic rings. The van der Waals surface area contributed by atoms with Crippen LogP contribution in [-0.4, -0.2) is 38.8 Å². The lowest BCUT2D eigenvalue weighted by atomic mass is 9.98. The summed E-state index contributed by atoms with van der Waals surface area (Å²) in [5.74, 6) is 1.63. The van der Waals surface area contributed by atoms with E-state index in [1.807, 2.05) is 28.8 Å². The van der Waals surface area contributed by atoms with Gasteiger partial charge in [-0.2, -0.15) is 4.98 Å². The average Bonchev–Trinajstić information content (AvgIpc) is 3.03. The molecule has 1 aromatic carbocycles. The van der Waals surface area contributed by atoms with Gasteiger partial charge in [-0.25, -0.2) is 9.97 Å². The number of rotatable bonds is 3. The van der Waals surface area contributed by atoms with Crippen LogP contribution in [0.4, 0.5) is 11.5 Å². The van der Waals surface area contributed by atoms with Crippen molar-refractivity contribution in [3.63, 3.8) is 0 Å². The number of anilines is 2. The Morgan fingerprint density at radius 3 is 3.04 bits per heavy atom. The van der Waals surface area contributed by atoms with E-state index in [0.29, 0.717) is 29.4 Å². The lowest BCUT2D eigenvalue weighted by molar-refractivity contribution is 0.0537. The Labute approximate surface area is 139 Å². The largest absolute Gasteiger partial charge is 0.394 e. The molecule has 0 saturated carbocycles. The highest BCUT2D eigenvalue weighted by Gasteiger charge is 2.23. The molecule has 1 saturated heterocycles. The van der Waals surface area contributed by atoms with Gasteiger partial charge in [0.25, 0.3) is 0 Å². The second-order valence-corrected chi connectivity index (χ2v) is 6.17. The number of nitrogens with one attached hydrogen (secondary N) is 1. The molecule has 124 valence electrons. The van der Waals surface area contributed by atoms with Crippen LogP contribution < -0.4 is 11.1 Å². The monoisotopic (exact) mass is 324 g/mol. The lowest BCUT2D eigenvalue weighted by Gasteiger charge is -2.30. The molecule has 0 spiro atoms. The van der Waals surface area contributed by atoms with E-state index in [2.05, 4.69) is 27.2 Å². The van der Waals surface area contributed by atoms with Crippen molar-refractivity contribution in [3.05, 3.63) is 36.8 Å². The zero-order valence-corrected chi connectivity index (χ0v) is 13.5. The Morgan fingerprint density at radius 1 is 1.29 bits per heavy atom. The molecule has 3 heterocycles. The highest BCUT2D eigenvalue weighted by molar-refractivity contribution is 5.76. The first-order valence-corrected chi connectivity index (χ1v) is 8.11. The molecular weight excluding hydrogens is 304 g/mol. The molecule has 1 fully saturated rings. The fourth-order valence-electron chi connectivity index (χ4n) is 3.00. The first kappa shape index (κ1) is 14.9. The van der Waals surface area contributed by atoms with E-state index in [1.54, 1.807) is 12.5 Å². The Kier molecular flexibility index (Phi) is 3.78. The third-order valence-electron chi connectivity index (χ3n) is 4.44. The van der Waals surface area contributed by atoms with Crippen molar-refractivity contribution in [1.82, 2.24) is 19.5 Å². The van der Waals surface area contributed by atoms with Crippen LogP contribution in [0.25, 0.3) is 17.0 Å². The molecule has 2 aromatic heterocycles. The van der Waals surface area contributed by atoms with Crippen molar-refractivity contribution in [3.8, 4) is 5.95 Å². The number of imidazole rings is 1. The van der Waals surface area contributed by atoms with Crippen molar-refractivity contribution in [1.29, 1.82) is 0 Å². The van der Waals surface area contributed by atoms with Crippen molar-refractivity contribution < 1.29 is 4.74 Å². The Bertz CT molecular complexity index is 861. The zero-order valence-electron chi connectivity index (χ0n) is 13.5. The normalized spacial score (nSPS) is 21.0. The SMILES string of the molecule is CC1COCCC1Nc1nc(-n2cnc3ccccc32)ncc1N. The number of aromatic nitrogens is 4. The Hall–Kier alpha value is -2.67. The molecule has 24 heavy (non-hydrogen) atoms. The van der Waals surface area contributed by atoms with Gasteiger partial charge in [-0.15, -0.1) is 0 Å². The van der Waals surface area contributed by atoms with Gasteiger partial charge in [0.15, 0.2) is 5.82 Å². The molecule has 4 rings (SSSR count). The first-order chi connectivity index (χ1) is 11.7. The van der Waals surface area contributed by atoms with Crippen molar-refractivity contribution in [2.24, 2.45) is 5.92 Å². The van der Waals surface area contributed by atoms with Crippen LogP contribution in [0, 0.1) is 5.92 Å². The second-order valence-electron chi connectivity index (χ2n) is 6.17. The van der Waals surface area contributed by atoms with Gasteiger partial charge in [-0.05, 0) is 24.5 Å². The summed E-state index contributed by atoms with van der Waals surface area (Å²) in [6.45, 7) is 3.67. The summed E-state index contributed by atoms with van der Waals surface area (Å²) in [5, 5.41) is 3.46. The molecule has 3 aromatic rings. The Balaban J connectivity index is 1.68. The highest BCUT2D eigenvalue weighted by atomic mass is 16.5. The molecular formula is C17H20N6O. The van der Waals surface area contributed by atoms with E-state index in [0.717, 1.165) is 30.7 Å². The molecule has 2 atom stereocenters. The number of hydrogen-bond donors (Lipinski definition) is 2. The van der Waals surface area contributed by atoms with Crippen LogP contribution in [0.1, 0.15) is 13.3 Å². The Morgan fingerprint density at radius 2 is 2.17 bits per heavy atom. The molecule has 0 amide bonds. The minimum atomic E-state index is 0.295. The second kappa shape index (κ2) is 6.09. The number of para-hydroxylation sites is 2. The summed E-state index contributed by atoms with van der Waals surface area (Å²) < 4.78 is 7.36. The van der Waals surface area contributed by atoms with Gasteiger partial charge < -0.3 is 15.8 Å². The zero-order chi connectivity index (χ0) is 16.5. The predicted octanol–water partition coefficient (Wildman–Crippen LogP) is 2.23. The fraction of sp³-hybridized carbons (Fsp3) is 0.353. The maximum absolute atomic E-state index is 6.07. The number of nitrogen functional groups attached to an aromatic ring is 1. The molecule has 3 N–H and O–H groups in total. The van der Waals surface area contributed by atoms with Crippen molar-refractivity contribution >= 4 is 22.5 Å². The number of nitrogens with two attached hydrogens (primary N) is 1. The summed E-state index contributed by atoms with van der Waals surface area (Å²) >= 11 is 0. The number of fused-ring (bicyclic) bond motifs is 1. The molecule has 7 nitrogen and oxygen atoms in total. The van der Waals surface area contributed by atoms with Crippen LogP contribution in [0.3, 0.4) is 0 Å². The van der Waals surface area contributed by atoms with Crippen LogP contribution in [0.5, 0.6) is 0 Å². The van der Waals surface area contributed by atoms with E-state index in [9.17, 15) is 0 Å². The van der Waals surface area contributed by atoms with Gasteiger partial charge in [0.1, 0.15) is 6.33 Å². The molecule has 0 aliphatic carbocycles. The van der Waals surface area contributed by atoms with Crippen LogP contribution in [-0.2, 0) is 4.74 Å². The van der Waals surface area contributed by atoms with Crippen molar-refractivity contribution in [2.45, 2.75) is 19.4 Å². The van der Waals surface area contributed by atoms with Gasteiger partial charge in [-0.3, -0.25) is 4.57 Å². The van der Waals surface area contributed by atoms with Crippen molar-refractivity contribution in [2.75, 3.05) is 24.3 Å². The summed E-state index contributed by atoms with van der Waals surface area (Å²) in [6, 6.07) is 8.19. The third-order valence-corrected chi connectivity index (χ3v) is 4.44. The van der Waals surface area contributed by atoms with Gasteiger partial charge in [0.2, 0.25) is 5.95 Å². The van der Waals surface area contributed by atoms with Crippen LogP contribution in [0.2, 0.25) is 0 Å². The van der Waals surface area contributed by atoms with Gasteiger partial charge >= 0.3 is 0 Å². The predicted molar refractivity (Wildman–Crippen MR) is 93.1 cm³/mol.